The van der Waals surface area contributed by atoms with Crippen molar-refractivity contribution in [2.45, 2.75) is 43.6 Å². The van der Waals surface area contributed by atoms with Crippen LogP contribution in [0.2, 0.25) is 0 Å². The number of nitrogens with zero attached hydrogens (tertiary/aromatic N) is 1. The highest BCUT2D eigenvalue weighted by atomic mass is 32.2. The van der Waals surface area contributed by atoms with Gasteiger partial charge in [-0.1, -0.05) is 23.4 Å². The van der Waals surface area contributed by atoms with E-state index in [2.05, 4.69) is 9.88 Å². The van der Waals surface area contributed by atoms with E-state index in [1.807, 2.05) is 0 Å². The van der Waals surface area contributed by atoms with Crippen molar-refractivity contribution >= 4 is 38.9 Å². The van der Waals surface area contributed by atoms with Gasteiger partial charge in [0.1, 0.15) is 28.5 Å². The van der Waals surface area contributed by atoms with E-state index in [-0.39, 0.29) is 51.8 Å². The number of carbonyl (C=O) groups is 3. The third-order valence-electron chi connectivity index (χ3n) is 8.63. The number of ketones is 2. The number of rotatable bonds is 5. The molecule has 228 valence electrons. The van der Waals surface area contributed by atoms with Gasteiger partial charge in [0.25, 0.3) is 15.9 Å². The molecule has 44 heavy (non-hydrogen) atoms. The van der Waals surface area contributed by atoms with E-state index in [1.54, 1.807) is 18.2 Å². The lowest BCUT2D eigenvalue weighted by Gasteiger charge is -2.46. The molecule has 0 radical (unpaired) electrons. The van der Waals surface area contributed by atoms with Crippen molar-refractivity contribution in [2.24, 2.45) is 17.6 Å². The number of nitrogens with two attached hydrogens (primary N) is 1. The first-order valence-electron chi connectivity index (χ1n) is 13.5. The van der Waals surface area contributed by atoms with E-state index in [9.17, 15) is 43.2 Å². The summed E-state index contributed by atoms with van der Waals surface area (Å²) in [6.07, 6.45) is -0.293. The van der Waals surface area contributed by atoms with Gasteiger partial charge in [-0.2, -0.15) is 0 Å². The zero-order chi connectivity index (χ0) is 31.9. The minimum Gasteiger partial charge on any atom is -0.508 e. The molecular formula is C30H27N3O10S. The van der Waals surface area contributed by atoms with Gasteiger partial charge in [0.2, 0.25) is 5.78 Å². The van der Waals surface area contributed by atoms with Gasteiger partial charge in [-0.05, 0) is 67.5 Å². The maximum Gasteiger partial charge on any atom is 0.267 e. The molecule has 13 nitrogen and oxygen atoms in total. The van der Waals surface area contributed by atoms with Crippen molar-refractivity contribution in [1.29, 1.82) is 0 Å². The largest absolute Gasteiger partial charge is 0.508 e. The maximum atomic E-state index is 13.7. The molecule has 7 N–H and O–H groups in total. The number of carbonyl (C=O) groups excluding carboxylic acids is 3. The average molecular weight is 622 g/mol. The molecule has 1 fully saturated rings. The van der Waals surface area contributed by atoms with Crippen molar-refractivity contribution in [3.8, 4) is 16.9 Å². The molecule has 0 unspecified atom stereocenters. The number of aromatic hydroxyl groups is 1. The summed E-state index contributed by atoms with van der Waals surface area (Å²) in [7, 11) is -3.99. The van der Waals surface area contributed by atoms with E-state index in [4.69, 9.17) is 10.3 Å². The molecule has 3 aliphatic rings. The monoisotopic (exact) mass is 621 g/mol. The first kappa shape index (κ1) is 29.1. The molecule has 1 saturated carbocycles. The SMILES string of the molecule is Cc1noc(C)c1S(=O)(=O)Nc1ccc(-c2ccc(O)c3c2C[C@H]2C[C@H]4CC(=O)C(C(N)=O)=C(O)[C@@]4(O)C(=O)C2=C3O)cc1. The standard InChI is InChI=1S/C30H27N3O10S/c1-12-26(13(2)43-32-12)44(41,42)33-17-5-3-14(4-6-17)18-7-8-20(34)23-19(18)10-15-9-16-11-21(35)24(29(31)39)28(38)30(16,40)27(37)22(15)25(23)36/h3-8,15-16,33-34,36,38,40H,9-11H2,1-2H3,(H2,31,39)/t15-,16+,30+/m1/s1. The van der Waals surface area contributed by atoms with Gasteiger partial charge in [-0.25, -0.2) is 8.42 Å². The second-order valence-corrected chi connectivity index (χ2v) is 12.8. The Bertz CT molecular complexity index is 1950. The van der Waals surface area contributed by atoms with Crippen LogP contribution < -0.4 is 10.5 Å². The van der Waals surface area contributed by atoms with Crippen molar-refractivity contribution in [3.05, 3.63) is 75.9 Å². The molecule has 0 saturated heterocycles. The molecule has 2 aromatic carbocycles. The molecule has 3 aromatic rings. The summed E-state index contributed by atoms with van der Waals surface area (Å²) in [5.74, 6) is -6.87. The highest BCUT2D eigenvalue weighted by Crippen LogP contribution is 2.53. The number of aliphatic hydroxyl groups is 3. The fourth-order valence-corrected chi connectivity index (χ4v) is 8.06. The summed E-state index contributed by atoms with van der Waals surface area (Å²) in [6, 6.07) is 9.31. The quantitative estimate of drug-likeness (QED) is 0.227. The number of phenols is 1. The van der Waals surface area contributed by atoms with Gasteiger partial charge >= 0.3 is 0 Å². The van der Waals surface area contributed by atoms with Crippen LogP contribution in [0.4, 0.5) is 5.69 Å². The second kappa shape index (κ2) is 9.79. The lowest BCUT2D eigenvalue weighted by atomic mass is 9.59. The average Bonchev–Trinajstić information content (AvgIpc) is 3.29. The molecule has 1 aromatic heterocycles. The van der Waals surface area contributed by atoms with Crippen molar-refractivity contribution < 1.29 is 47.8 Å². The van der Waals surface area contributed by atoms with Crippen LogP contribution in [0.15, 0.2) is 62.7 Å². The molecule has 6 rings (SSSR count). The number of sulfonamides is 1. The van der Waals surface area contributed by atoms with E-state index in [0.29, 0.717) is 16.7 Å². The van der Waals surface area contributed by atoms with Crippen LogP contribution in [0.25, 0.3) is 16.9 Å². The Morgan fingerprint density at radius 3 is 2.36 bits per heavy atom. The summed E-state index contributed by atoms with van der Waals surface area (Å²) < 4.78 is 33.3. The Kier molecular flexibility index (Phi) is 6.48. The number of hydrogen-bond donors (Lipinski definition) is 6. The highest BCUT2D eigenvalue weighted by Gasteiger charge is 2.60. The van der Waals surface area contributed by atoms with Crippen molar-refractivity contribution in [3.63, 3.8) is 0 Å². The molecule has 0 aliphatic heterocycles. The number of fused-ring (bicyclic) bond motifs is 3. The van der Waals surface area contributed by atoms with Gasteiger partial charge in [-0.3, -0.25) is 19.1 Å². The zero-order valence-corrected chi connectivity index (χ0v) is 24.2. The van der Waals surface area contributed by atoms with Crippen molar-refractivity contribution in [1.82, 2.24) is 5.16 Å². The van der Waals surface area contributed by atoms with Crippen LogP contribution in [0.5, 0.6) is 5.75 Å². The van der Waals surface area contributed by atoms with E-state index < -0.39 is 68.4 Å². The molecule has 0 bridgehead atoms. The molecule has 3 atom stereocenters. The molecule has 1 heterocycles. The molecule has 3 aliphatic carbocycles. The number of nitrogens with one attached hydrogen (secondary N) is 1. The van der Waals surface area contributed by atoms with Gasteiger partial charge in [0.05, 0.1) is 5.56 Å². The van der Waals surface area contributed by atoms with Crippen molar-refractivity contribution in [2.75, 3.05) is 4.72 Å². The normalized spacial score (nSPS) is 23.2. The summed E-state index contributed by atoms with van der Waals surface area (Å²) in [6.45, 7) is 3.01. The fourth-order valence-electron chi connectivity index (χ4n) is 6.67. The highest BCUT2D eigenvalue weighted by molar-refractivity contribution is 7.92. The second-order valence-electron chi connectivity index (χ2n) is 11.2. The predicted molar refractivity (Wildman–Crippen MR) is 154 cm³/mol. The van der Waals surface area contributed by atoms with E-state index in [1.165, 1.54) is 32.0 Å². The number of benzene rings is 2. The number of anilines is 1. The maximum absolute atomic E-state index is 13.7. The van der Waals surface area contributed by atoms with Gasteiger partial charge in [0, 0.05) is 23.6 Å². The molecule has 14 heteroatoms. The summed E-state index contributed by atoms with van der Waals surface area (Å²) in [5.41, 5.74) is 3.59. The number of hydrogen-bond acceptors (Lipinski definition) is 11. The van der Waals surface area contributed by atoms with Crippen LogP contribution >= 0.6 is 0 Å². The fraction of sp³-hybridized carbons (Fsp3) is 0.267. The summed E-state index contributed by atoms with van der Waals surface area (Å²) in [5, 5.41) is 47.9. The summed E-state index contributed by atoms with van der Waals surface area (Å²) >= 11 is 0. The number of phenolic OH excluding ortho intramolecular Hbond substituents is 1. The number of aryl methyl sites for hydroxylation is 2. The van der Waals surface area contributed by atoms with Crippen LogP contribution in [-0.2, 0) is 30.8 Å². The Balaban J connectivity index is 1.39. The lowest BCUT2D eigenvalue weighted by Crippen LogP contribution is -2.58. The Morgan fingerprint density at radius 1 is 1.07 bits per heavy atom. The third kappa shape index (κ3) is 4.12. The molecular weight excluding hydrogens is 594 g/mol. The topological polar surface area (TPSA) is 230 Å². The van der Waals surface area contributed by atoms with Crippen LogP contribution in [0.3, 0.4) is 0 Å². The summed E-state index contributed by atoms with van der Waals surface area (Å²) in [4.78, 5) is 38.0. The number of aromatic nitrogens is 1. The number of amides is 1. The van der Waals surface area contributed by atoms with E-state index in [0.717, 1.165) is 0 Å². The number of primary amides is 1. The van der Waals surface area contributed by atoms with Gasteiger partial charge in [0.15, 0.2) is 22.0 Å². The Hall–Kier alpha value is -4.95. The van der Waals surface area contributed by atoms with E-state index >= 15 is 0 Å². The number of aliphatic hydroxyl groups excluding tert-OH is 2. The smallest absolute Gasteiger partial charge is 0.267 e. The third-order valence-corrected chi connectivity index (χ3v) is 10.3. The Labute approximate surface area is 250 Å². The predicted octanol–water partition coefficient (Wildman–Crippen LogP) is 2.50. The molecule has 0 spiro atoms. The first-order valence-corrected chi connectivity index (χ1v) is 15.0. The van der Waals surface area contributed by atoms with Gasteiger partial charge in [-0.15, -0.1) is 0 Å². The lowest BCUT2D eigenvalue weighted by molar-refractivity contribution is -0.147. The number of Topliss-reactive ketones (excluding diaryl/α,β-unsaturated/α-hetero) is 2. The van der Waals surface area contributed by atoms with Crippen LogP contribution in [-0.4, -0.2) is 57.1 Å². The minimum atomic E-state index is -3.99. The zero-order valence-electron chi connectivity index (χ0n) is 23.4. The van der Waals surface area contributed by atoms with Crippen LogP contribution in [0, 0.1) is 25.7 Å². The Morgan fingerprint density at radius 2 is 1.75 bits per heavy atom. The van der Waals surface area contributed by atoms with Crippen LogP contribution in [0.1, 0.15) is 35.4 Å². The molecule has 1 amide bonds. The van der Waals surface area contributed by atoms with Gasteiger partial charge < -0.3 is 30.7 Å². The minimum absolute atomic E-state index is 0.000428. The first-order chi connectivity index (χ1) is 20.7.